The van der Waals surface area contributed by atoms with E-state index >= 15 is 0 Å². The third-order valence-electron chi connectivity index (χ3n) is 3.36. The molecule has 0 atom stereocenters. The van der Waals surface area contributed by atoms with Crippen LogP contribution in [0.3, 0.4) is 0 Å². The summed E-state index contributed by atoms with van der Waals surface area (Å²) >= 11 is 4.93. The van der Waals surface area contributed by atoms with Crippen molar-refractivity contribution in [2.45, 2.75) is 6.92 Å². The molecule has 4 nitrogen and oxygen atoms in total. The van der Waals surface area contributed by atoms with Gasteiger partial charge in [-0.1, -0.05) is 24.3 Å². The van der Waals surface area contributed by atoms with Gasteiger partial charge >= 0.3 is 0 Å². The standard InChI is InChI=1S/C17H13BrN2O2S/c1-10(15-6-7-16(18)23-15)19-20-17(22)13-8-11-4-2-3-5-12(11)9-14(13)21/h2-9,21H,1H3,(H,20,22)/b19-10+. The van der Waals surface area contributed by atoms with Crippen molar-refractivity contribution in [3.05, 3.63) is 62.8 Å². The molecule has 3 aromatic rings. The highest BCUT2D eigenvalue weighted by Crippen LogP contribution is 2.25. The van der Waals surface area contributed by atoms with Crippen molar-refractivity contribution in [3.63, 3.8) is 0 Å². The van der Waals surface area contributed by atoms with Gasteiger partial charge < -0.3 is 5.11 Å². The number of halogens is 1. The van der Waals surface area contributed by atoms with Crippen LogP contribution in [0.5, 0.6) is 5.75 Å². The van der Waals surface area contributed by atoms with E-state index in [9.17, 15) is 9.90 Å². The van der Waals surface area contributed by atoms with Gasteiger partial charge in [-0.15, -0.1) is 11.3 Å². The summed E-state index contributed by atoms with van der Waals surface area (Å²) in [5, 5.41) is 15.9. The number of phenolic OH excluding ortho intramolecular Hbond substituents is 1. The lowest BCUT2D eigenvalue weighted by Crippen LogP contribution is -2.19. The molecular weight excluding hydrogens is 376 g/mol. The van der Waals surface area contributed by atoms with Crippen LogP contribution >= 0.6 is 27.3 Å². The predicted molar refractivity (Wildman–Crippen MR) is 97.3 cm³/mol. The first-order valence-corrected chi connectivity index (χ1v) is 8.47. The Morgan fingerprint density at radius 2 is 1.87 bits per heavy atom. The first kappa shape index (κ1) is 15.7. The number of nitrogens with zero attached hydrogens (tertiary/aromatic N) is 1. The van der Waals surface area contributed by atoms with Gasteiger partial charge in [-0.05, 0) is 57.9 Å². The van der Waals surface area contributed by atoms with Crippen LogP contribution in [0.25, 0.3) is 10.8 Å². The number of nitrogens with one attached hydrogen (secondary N) is 1. The third kappa shape index (κ3) is 3.43. The molecule has 0 unspecified atom stereocenters. The zero-order valence-electron chi connectivity index (χ0n) is 12.2. The number of phenols is 1. The van der Waals surface area contributed by atoms with Crippen molar-refractivity contribution >= 4 is 49.7 Å². The number of fused-ring (bicyclic) bond motifs is 1. The second kappa shape index (κ2) is 6.52. The molecule has 0 aliphatic rings. The molecule has 0 aliphatic heterocycles. The van der Waals surface area contributed by atoms with Crippen molar-refractivity contribution in [3.8, 4) is 5.75 Å². The number of amides is 1. The minimum absolute atomic E-state index is 0.0621. The maximum absolute atomic E-state index is 12.3. The van der Waals surface area contributed by atoms with E-state index in [1.165, 1.54) is 11.3 Å². The van der Waals surface area contributed by atoms with Crippen LogP contribution in [-0.4, -0.2) is 16.7 Å². The summed E-state index contributed by atoms with van der Waals surface area (Å²) in [5.74, 6) is -0.504. The summed E-state index contributed by atoms with van der Waals surface area (Å²) < 4.78 is 1.00. The van der Waals surface area contributed by atoms with Crippen LogP contribution in [0.15, 0.2) is 57.4 Å². The number of hydrogen-bond acceptors (Lipinski definition) is 4. The number of aromatic hydroxyl groups is 1. The van der Waals surface area contributed by atoms with Gasteiger partial charge in [-0.25, -0.2) is 5.43 Å². The first-order valence-electron chi connectivity index (χ1n) is 6.86. The molecule has 2 aromatic carbocycles. The maximum Gasteiger partial charge on any atom is 0.275 e. The normalized spacial score (nSPS) is 11.7. The summed E-state index contributed by atoms with van der Waals surface area (Å²) in [6.45, 7) is 1.82. The average molecular weight is 389 g/mol. The molecule has 23 heavy (non-hydrogen) atoms. The fourth-order valence-corrected chi connectivity index (χ4v) is 3.50. The molecule has 0 spiro atoms. The van der Waals surface area contributed by atoms with Gasteiger partial charge in [-0.2, -0.15) is 5.10 Å². The Morgan fingerprint density at radius 3 is 2.52 bits per heavy atom. The average Bonchev–Trinajstić information content (AvgIpc) is 2.98. The lowest BCUT2D eigenvalue weighted by atomic mass is 10.1. The van der Waals surface area contributed by atoms with Crippen molar-refractivity contribution < 1.29 is 9.90 Å². The van der Waals surface area contributed by atoms with E-state index in [4.69, 9.17) is 0 Å². The maximum atomic E-state index is 12.3. The highest BCUT2D eigenvalue weighted by molar-refractivity contribution is 9.11. The van der Waals surface area contributed by atoms with Crippen molar-refractivity contribution in [1.82, 2.24) is 5.43 Å². The molecular formula is C17H13BrN2O2S. The minimum atomic E-state index is -0.441. The van der Waals surface area contributed by atoms with Crippen LogP contribution in [0.4, 0.5) is 0 Å². The number of hydrazone groups is 1. The predicted octanol–water partition coefficient (Wildman–Crippen LogP) is 4.52. The van der Waals surface area contributed by atoms with Crippen molar-refractivity contribution in [2.24, 2.45) is 5.10 Å². The topological polar surface area (TPSA) is 61.7 Å². The van der Waals surface area contributed by atoms with Crippen molar-refractivity contribution in [1.29, 1.82) is 0 Å². The Bertz CT molecular complexity index is 918. The lowest BCUT2D eigenvalue weighted by molar-refractivity contribution is 0.0952. The number of thiophene rings is 1. The lowest BCUT2D eigenvalue weighted by Gasteiger charge is -2.06. The summed E-state index contributed by atoms with van der Waals surface area (Å²) in [6.07, 6.45) is 0. The second-order valence-corrected chi connectivity index (χ2v) is 7.42. The number of hydrogen-bond donors (Lipinski definition) is 2. The Hall–Kier alpha value is -2.18. The van der Waals surface area contributed by atoms with Gasteiger partial charge in [0.2, 0.25) is 0 Å². The summed E-state index contributed by atoms with van der Waals surface area (Å²) in [5.41, 5.74) is 3.40. The van der Waals surface area contributed by atoms with Gasteiger partial charge in [0.15, 0.2) is 0 Å². The highest BCUT2D eigenvalue weighted by Gasteiger charge is 2.12. The molecule has 3 rings (SSSR count). The molecule has 0 aliphatic carbocycles. The molecule has 0 saturated carbocycles. The van der Waals surface area contributed by atoms with Gasteiger partial charge in [0.05, 0.1) is 19.9 Å². The van der Waals surface area contributed by atoms with E-state index < -0.39 is 5.91 Å². The van der Waals surface area contributed by atoms with Crippen LogP contribution in [0.2, 0.25) is 0 Å². The molecule has 0 bridgehead atoms. The summed E-state index contributed by atoms with van der Waals surface area (Å²) in [4.78, 5) is 13.2. The molecule has 116 valence electrons. The molecule has 0 saturated heterocycles. The summed E-state index contributed by atoms with van der Waals surface area (Å²) in [6, 6.07) is 14.6. The molecule has 6 heteroatoms. The number of carbonyl (C=O) groups is 1. The molecule has 1 aromatic heterocycles. The van der Waals surface area contributed by atoms with Crippen molar-refractivity contribution in [2.75, 3.05) is 0 Å². The van der Waals surface area contributed by atoms with Gasteiger partial charge in [0.25, 0.3) is 5.91 Å². The second-order valence-electron chi connectivity index (χ2n) is 4.96. The van der Waals surface area contributed by atoms with Gasteiger partial charge in [0.1, 0.15) is 5.75 Å². The first-order chi connectivity index (χ1) is 11.0. The van der Waals surface area contributed by atoms with E-state index in [1.807, 2.05) is 43.3 Å². The Balaban J connectivity index is 1.84. The smallest absolute Gasteiger partial charge is 0.275 e. The van der Waals surface area contributed by atoms with Gasteiger partial charge in [0, 0.05) is 0 Å². The van der Waals surface area contributed by atoms with E-state index in [1.54, 1.807) is 12.1 Å². The fourth-order valence-electron chi connectivity index (χ4n) is 2.17. The molecule has 2 N–H and O–H groups in total. The zero-order valence-corrected chi connectivity index (χ0v) is 14.6. The molecule has 0 fully saturated rings. The Morgan fingerprint density at radius 1 is 1.17 bits per heavy atom. The zero-order chi connectivity index (χ0) is 16.4. The number of rotatable bonds is 3. The van der Waals surface area contributed by atoms with E-state index in [0.717, 1.165) is 19.4 Å². The van der Waals surface area contributed by atoms with Crippen LogP contribution < -0.4 is 5.43 Å². The molecule has 1 amide bonds. The van der Waals surface area contributed by atoms with Gasteiger partial charge in [-0.3, -0.25) is 4.79 Å². The van der Waals surface area contributed by atoms with E-state index in [2.05, 4.69) is 26.5 Å². The Labute approximate surface area is 145 Å². The van der Waals surface area contributed by atoms with E-state index in [0.29, 0.717) is 5.71 Å². The number of benzene rings is 2. The fraction of sp³-hybridized carbons (Fsp3) is 0.0588. The summed E-state index contributed by atoms with van der Waals surface area (Å²) in [7, 11) is 0. The van der Waals surface area contributed by atoms with Crippen LogP contribution in [0, 0.1) is 0 Å². The largest absolute Gasteiger partial charge is 0.507 e. The quantitative estimate of drug-likeness (QED) is 0.511. The Kier molecular flexibility index (Phi) is 4.45. The highest BCUT2D eigenvalue weighted by atomic mass is 79.9. The van der Waals surface area contributed by atoms with E-state index in [-0.39, 0.29) is 11.3 Å². The van der Waals surface area contributed by atoms with Crippen LogP contribution in [-0.2, 0) is 0 Å². The SMILES string of the molecule is C/C(=N\NC(=O)c1cc2ccccc2cc1O)c1ccc(Br)s1. The van der Waals surface area contributed by atoms with Crippen LogP contribution in [0.1, 0.15) is 22.2 Å². The molecule has 1 heterocycles. The monoisotopic (exact) mass is 388 g/mol. The molecule has 0 radical (unpaired) electrons. The number of carbonyl (C=O) groups excluding carboxylic acids is 1. The third-order valence-corrected chi connectivity index (χ3v) is 5.10. The minimum Gasteiger partial charge on any atom is -0.507 e.